The molecule has 4 N–H and O–H groups in total. The third kappa shape index (κ3) is 4.19. The number of thioether (sulfide) groups is 1. The number of hydrogen-bond acceptors (Lipinski definition) is 6. The third-order valence-corrected chi connectivity index (χ3v) is 5.79. The topological polar surface area (TPSA) is 90.2 Å². The second kappa shape index (κ2) is 8.37. The van der Waals surface area contributed by atoms with Crippen molar-refractivity contribution < 1.29 is 29.6 Å². The fraction of sp³-hybridized carbons (Fsp3) is 0.368. The summed E-state index contributed by atoms with van der Waals surface area (Å²) in [4.78, 5) is 0. The van der Waals surface area contributed by atoms with Gasteiger partial charge in [0.1, 0.15) is 23.8 Å². The second-order valence-electron chi connectivity index (χ2n) is 6.23. The van der Waals surface area contributed by atoms with E-state index in [9.17, 15) is 24.8 Å². The number of benzene rings is 2. The summed E-state index contributed by atoms with van der Waals surface area (Å²) >= 11 is 1.08. The van der Waals surface area contributed by atoms with Crippen LogP contribution in [0.15, 0.2) is 48.5 Å². The zero-order valence-electron chi connectivity index (χ0n) is 13.9. The van der Waals surface area contributed by atoms with E-state index in [1.165, 1.54) is 12.1 Å². The minimum Gasteiger partial charge on any atom is -0.477 e. The standard InChI is InChI=1S/C19H21FO5S/c20-13-7-5-11(6-8-13)9-12-3-1-2-4-14(12)25-19-18(24)17(23)16(22)15(10-21)26-19/h1-8,15-19,21-24H,9-10H2. The van der Waals surface area contributed by atoms with Gasteiger partial charge < -0.3 is 25.2 Å². The molecule has 5 nitrogen and oxygen atoms in total. The molecule has 0 aliphatic carbocycles. The van der Waals surface area contributed by atoms with Crippen LogP contribution in [0, 0.1) is 5.82 Å². The molecule has 1 aliphatic heterocycles. The van der Waals surface area contributed by atoms with Crippen molar-refractivity contribution in [3.63, 3.8) is 0 Å². The molecule has 1 fully saturated rings. The lowest BCUT2D eigenvalue weighted by Crippen LogP contribution is -2.55. The minimum atomic E-state index is -1.40. The van der Waals surface area contributed by atoms with Crippen molar-refractivity contribution in [2.24, 2.45) is 0 Å². The first kappa shape index (κ1) is 19.1. The molecule has 0 saturated carbocycles. The summed E-state index contributed by atoms with van der Waals surface area (Å²) in [6.45, 7) is -0.341. The Hall–Kier alpha value is -1.64. The Labute approximate surface area is 155 Å². The van der Waals surface area contributed by atoms with E-state index in [0.717, 1.165) is 22.9 Å². The normalized spacial score (nSPS) is 28.7. The average molecular weight is 380 g/mol. The molecule has 0 amide bonds. The van der Waals surface area contributed by atoms with Crippen LogP contribution in [0.4, 0.5) is 4.39 Å². The molecule has 5 unspecified atom stereocenters. The van der Waals surface area contributed by atoms with E-state index in [1.54, 1.807) is 24.3 Å². The van der Waals surface area contributed by atoms with Gasteiger partial charge in [-0.1, -0.05) is 30.3 Å². The molecule has 1 heterocycles. The predicted octanol–water partition coefficient (Wildman–Crippen LogP) is 1.31. The highest BCUT2D eigenvalue weighted by atomic mass is 32.2. The molecule has 0 bridgehead atoms. The maximum absolute atomic E-state index is 13.1. The van der Waals surface area contributed by atoms with E-state index in [1.807, 2.05) is 12.1 Å². The Morgan fingerprint density at radius 1 is 0.923 bits per heavy atom. The third-order valence-electron chi connectivity index (χ3n) is 4.37. The molecule has 2 aromatic rings. The zero-order chi connectivity index (χ0) is 18.7. The van der Waals surface area contributed by atoms with Gasteiger partial charge in [0.2, 0.25) is 0 Å². The highest BCUT2D eigenvalue weighted by Gasteiger charge is 2.44. The van der Waals surface area contributed by atoms with E-state index in [2.05, 4.69) is 0 Å². The Bertz CT molecular complexity index is 724. The lowest BCUT2D eigenvalue weighted by atomic mass is 10.0. The number of halogens is 1. The van der Waals surface area contributed by atoms with Crippen LogP contribution in [-0.2, 0) is 6.42 Å². The van der Waals surface area contributed by atoms with Crippen molar-refractivity contribution in [1.82, 2.24) is 0 Å². The van der Waals surface area contributed by atoms with E-state index >= 15 is 0 Å². The maximum Gasteiger partial charge on any atom is 0.173 e. The van der Waals surface area contributed by atoms with E-state index in [4.69, 9.17) is 4.74 Å². The van der Waals surface area contributed by atoms with Crippen LogP contribution in [0.5, 0.6) is 5.75 Å². The van der Waals surface area contributed by atoms with E-state index in [-0.39, 0.29) is 12.4 Å². The first-order valence-corrected chi connectivity index (χ1v) is 9.23. The fourth-order valence-electron chi connectivity index (χ4n) is 2.88. The molecule has 140 valence electrons. The molecule has 3 rings (SSSR count). The Morgan fingerprint density at radius 3 is 2.31 bits per heavy atom. The molecule has 7 heteroatoms. The van der Waals surface area contributed by atoms with Gasteiger partial charge in [-0.3, -0.25) is 0 Å². The largest absolute Gasteiger partial charge is 0.477 e. The number of ether oxygens (including phenoxy) is 1. The van der Waals surface area contributed by atoms with Crippen LogP contribution >= 0.6 is 11.8 Å². The lowest BCUT2D eigenvalue weighted by molar-refractivity contribution is -0.0910. The van der Waals surface area contributed by atoms with Gasteiger partial charge in [0, 0.05) is 6.42 Å². The predicted molar refractivity (Wildman–Crippen MR) is 96.5 cm³/mol. The highest BCUT2D eigenvalue weighted by Crippen LogP contribution is 2.35. The minimum absolute atomic E-state index is 0.303. The van der Waals surface area contributed by atoms with Gasteiger partial charge in [-0.2, -0.15) is 0 Å². The van der Waals surface area contributed by atoms with Crippen molar-refractivity contribution in [2.45, 2.75) is 35.4 Å². The molecular formula is C19H21FO5S. The molecule has 26 heavy (non-hydrogen) atoms. The van der Waals surface area contributed by atoms with Crippen LogP contribution in [0.2, 0.25) is 0 Å². The van der Waals surface area contributed by atoms with Gasteiger partial charge in [-0.05, 0) is 29.3 Å². The second-order valence-corrected chi connectivity index (χ2v) is 7.57. The number of para-hydroxylation sites is 1. The first-order valence-electron chi connectivity index (χ1n) is 8.29. The molecule has 1 aliphatic rings. The van der Waals surface area contributed by atoms with Crippen molar-refractivity contribution in [3.8, 4) is 5.75 Å². The molecule has 5 atom stereocenters. The molecule has 2 aromatic carbocycles. The number of aliphatic hydroxyl groups is 4. The summed E-state index contributed by atoms with van der Waals surface area (Å²) in [6, 6.07) is 13.4. The first-order chi connectivity index (χ1) is 12.5. The maximum atomic E-state index is 13.1. The van der Waals surface area contributed by atoms with Crippen molar-refractivity contribution in [1.29, 1.82) is 0 Å². The molecular weight excluding hydrogens is 359 g/mol. The molecule has 0 spiro atoms. The summed E-state index contributed by atoms with van der Waals surface area (Å²) in [7, 11) is 0. The van der Waals surface area contributed by atoms with Gasteiger partial charge >= 0.3 is 0 Å². The van der Waals surface area contributed by atoms with Gasteiger partial charge in [-0.15, -0.1) is 11.8 Å². The average Bonchev–Trinajstić information content (AvgIpc) is 2.65. The van der Waals surface area contributed by atoms with Gasteiger partial charge in [0.05, 0.1) is 18.0 Å². The Kier molecular flexibility index (Phi) is 6.16. The summed E-state index contributed by atoms with van der Waals surface area (Å²) < 4.78 is 19.0. The lowest BCUT2D eigenvalue weighted by Gasteiger charge is -2.39. The van der Waals surface area contributed by atoms with Crippen molar-refractivity contribution in [3.05, 3.63) is 65.5 Å². The van der Waals surface area contributed by atoms with Crippen molar-refractivity contribution >= 4 is 11.8 Å². The van der Waals surface area contributed by atoms with E-state index in [0.29, 0.717) is 12.2 Å². The SMILES string of the molecule is OCC1SC(Oc2ccccc2Cc2ccc(F)cc2)C(O)C(O)C1O. The number of hydrogen-bond donors (Lipinski definition) is 4. The van der Waals surface area contributed by atoms with E-state index < -0.39 is 29.0 Å². The van der Waals surface area contributed by atoms with Crippen LogP contribution in [-0.4, -0.2) is 56.0 Å². The van der Waals surface area contributed by atoms with Crippen LogP contribution < -0.4 is 4.74 Å². The monoisotopic (exact) mass is 380 g/mol. The summed E-state index contributed by atoms with van der Waals surface area (Å²) in [5.41, 5.74) is 0.913. The van der Waals surface area contributed by atoms with Crippen molar-refractivity contribution in [2.75, 3.05) is 6.61 Å². The summed E-state index contributed by atoms with van der Waals surface area (Å²) in [6.07, 6.45) is -3.41. The van der Waals surface area contributed by atoms with Crippen LogP contribution in [0.3, 0.4) is 0 Å². The molecule has 0 radical (unpaired) electrons. The van der Waals surface area contributed by atoms with Gasteiger partial charge in [0.25, 0.3) is 0 Å². The molecule has 1 saturated heterocycles. The summed E-state index contributed by atoms with van der Waals surface area (Å²) in [5, 5.41) is 38.8. The quantitative estimate of drug-likeness (QED) is 0.626. The van der Waals surface area contributed by atoms with Gasteiger partial charge in [0.15, 0.2) is 5.44 Å². The van der Waals surface area contributed by atoms with Crippen LogP contribution in [0.25, 0.3) is 0 Å². The smallest absolute Gasteiger partial charge is 0.173 e. The highest BCUT2D eigenvalue weighted by molar-refractivity contribution is 8.00. The molecule has 0 aromatic heterocycles. The Balaban J connectivity index is 1.78. The number of rotatable bonds is 5. The summed E-state index contributed by atoms with van der Waals surface area (Å²) in [5.74, 6) is 0.219. The number of aliphatic hydroxyl groups excluding tert-OH is 4. The van der Waals surface area contributed by atoms with Crippen LogP contribution in [0.1, 0.15) is 11.1 Å². The zero-order valence-corrected chi connectivity index (χ0v) is 14.7. The Morgan fingerprint density at radius 2 is 1.62 bits per heavy atom. The van der Waals surface area contributed by atoms with Gasteiger partial charge in [-0.25, -0.2) is 4.39 Å². The fourth-order valence-corrected chi connectivity index (χ4v) is 4.11.